The molecule has 23 heavy (non-hydrogen) atoms. The van der Waals surface area contributed by atoms with E-state index in [1.807, 2.05) is 0 Å². The predicted molar refractivity (Wildman–Crippen MR) is 77.9 cm³/mol. The molecule has 0 aromatic heterocycles. The average molecular weight is 338 g/mol. The largest absolute Gasteiger partial charge is 1.00 e. The van der Waals surface area contributed by atoms with Crippen molar-refractivity contribution in [1.29, 1.82) is 0 Å². The Morgan fingerprint density at radius 1 is 0.870 bits per heavy atom. The molecule has 0 bridgehead atoms. The number of hydrogen-bond acceptors (Lipinski definition) is 5. The molecule has 0 amide bonds. The molecule has 2 aromatic carbocycles. The number of benzene rings is 2. The Hall–Kier alpha value is -1.31. The van der Waals surface area contributed by atoms with E-state index < -0.39 is 15.4 Å². The Morgan fingerprint density at radius 2 is 1.35 bits per heavy atom. The van der Waals surface area contributed by atoms with Gasteiger partial charge in [-0.2, -0.15) is 0 Å². The Morgan fingerprint density at radius 3 is 1.87 bits per heavy atom. The molecule has 0 radical (unpaired) electrons. The molecule has 0 heterocycles. The third-order valence-electron chi connectivity index (χ3n) is 3.85. The second-order valence-corrected chi connectivity index (χ2v) is 6.84. The van der Waals surface area contributed by atoms with Gasteiger partial charge >= 0.3 is 29.6 Å². The summed E-state index contributed by atoms with van der Waals surface area (Å²) in [6, 6.07) is 10.6. The summed E-state index contributed by atoms with van der Waals surface area (Å²) < 4.78 is 33.4. The van der Waals surface area contributed by atoms with E-state index in [2.05, 4.69) is 0 Å². The molecule has 3 rings (SSSR count). The fraction of sp³-hybridized carbons (Fsp3) is 0.125. The van der Waals surface area contributed by atoms with E-state index in [0.29, 0.717) is 5.56 Å². The van der Waals surface area contributed by atoms with Crippen LogP contribution in [0.1, 0.15) is 49.6 Å². The molecule has 1 aliphatic carbocycles. The topological polar surface area (TPSA) is 91.3 Å². The van der Waals surface area contributed by atoms with Gasteiger partial charge in [-0.15, -0.1) is 0 Å². The van der Waals surface area contributed by atoms with Gasteiger partial charge in [-0.05, 0) is 24.6 Å². The quantitative estimate of drug-likeness (QED) is 0.445. The molecule has 1 atom stereocenters. The van der Waals surface area contributed by atoms with Crippen LogP contribution >= 0.6 is 0 Å². The summed E-state index contributed by atoms with van der Waals surface area (Å²) >= 11 is 0. The van der Waals surface area contributed by atoms with E-state index >= 15 is 0 Å². The molecule has 0 saturated heterocycles. The maximum absolute atomic E-state index is 12.5. The van der Waals surface area contributed by atoms with Crippen molar-refractivity contribution in [2.24, 2.45) is 0 Å². The molecule has 2 aromatic rings. The van der Waals surface area contributed by atoms with Crippen molar-refractivity contribution in [1.82, 2.24) is 0 Å². The molecule has 0 saturated carbocycles. The van der Waals surface area contributed by atoms with Crippen LogP contribution in [0.5, 0.6) is 0 Å². The molecule has 0 N–H and O–H groups in total. The van der Waals surface area contributed by atoms with Gasteiger partial charge in [0.1, 0.15) is 10.1 Å². The van der Waals surface area contributed by atoms with E-state index in [1.54, 1.807) is 24.3 Å². The van der Waals surface area contributed by atoms with Crippen LogP contribution in [0.2, 0.25) is 0 Å². The van der Waals surface area contributed by atoms with Gasteiger partial charge in [0, 0.05) is 22.3 Å². The van der Waals surface area contributed by atoms with Crippen molar-refractivity contribution in [3.05, 3.63) is 70.3 Å². The van der Waals surface area contributed by atoms with Gasteiger partial charge in [0.25, 0.3) is 0 Å². The van der Waals surface area contributed by atoms with E-state index in [4.69, 9.17) is 0 Å². The zero-order chi connectivity index (χ0) is 16.1. The number of ketones is 2. The van der Waals surface area contributed by atoms with Gasteiger partial charge < -0.3 is 4.55 Å². The van der Waals surface area contributed by atoms with Crippen molar-refractivity contribution >= 4 is 21.7 Å². The van der Waals surface area contributed by atoms with Crippen LogP contribution < -0.4 is 29.6 Å². The van der Waals surface area contributed by atoms with Gasteiger partial charge in [-0.3, -0.25) is 9.59 Å². The summed E-state index contributed by atoms with van der Waals surface area (Å²) in [5, 5.41) is -1.28. The summed E-state index contributed by atoms with van der Waals surface area (Å²) in [5.41, 5.74) is 1.18. The molecular weight excluding hydrogens is 327 g/mol. The predicted octanol–water partition coefficient (Wildman–Crippen LogP) is -0.928. The second kappa shape index (κ2) is 6.30. The first-order valence-corrected chi connectivity index (χ1v) is 8.05. The van der Waals surface area contributed by atoms with Crippen molar-refractivity contribution in [3.8, 4) is 0 Å². The van der Waals surface area contributed by atoms with Crippen LogP contribution in [0.3, 0.4) is 0 Å². The monoisotopic (exact) mass is 338 g/mol. The summed E-state index contributed by atoms with van der Waals surface area (Å²) in [6.07, 6.45) is 0. The first-order valence-electron chi connectivity index (χ1n) is 6.58. The van der Waals surface area contributed by atoms with Crippen molar-refractivity contribution < 1.29 is 52.1 Å². The van der Waals surface area contributed by atoms with Gasteiger partial charge in [-0.25, -0.2) is 8.42 Å². The Labute approximate surface area is 155 Å². The van der Waals surface area contributed by atoms with Crippen molar-refractivity contribution in [2.75, 3.05) is 0 Å². The van der Waals surface area contributed by atoms with E-state index in [0.717, 1.165) is 0 Å². The van der Waals surface area contributed by atoms with Crippen LogP contribution in [0.4, 0.5) is 0 Å². The minimum atomic E-state index is -4.52. The van der Waals surface area contributed by atoms with E-state index in [9.17, 15) is 22.6 Å². The minimum Gasteiger partial charge on any atom is -0.747 e. The number of fused-ring (bicyclic) bond motifs is 2. The molecule has 0 aliphatic heterocycles. The Balaban J connectivity index is 0.00000192. The number of rotatable bonds is 2. The zero-order valence-electron chi connectivity index (χ0n) is 12.6. The molecule has 112 valence electrons. The Kier molecular flexibility index (Phi) is 4.94. The van der Waals surface area contributed by atoms with Crippen LogP contribution in [-0.4, -0.2) is 24.5 Å². The van der Waals surface area contributed by atoms with E-state index in [-0.39, 0.29) is 63.4 Å². The van der Waals surface area contributed by atoms with E-state index in [1.165, 1.54) is 25.1 Å². The average Bonchev–Trinajstić information content (AvgIpc) is 2.50. The zero-order valence-corrected chi connectivity index (χ0v) is 15.4. The summed E-state index contributed by atoms with van der Waals surface area (Å²) in [6.45, 7) is 1.26. The molecule has 1 unspecified atom stereocenters. The summed E-state index contributed by atoms with van der Waals surface area (Å²) in [4.78, 5) is 24.9. The number of carbonyl (C=O) groups is 2. The number of hydrogen-bond donors (Lipinski definition) is 0. The molecule has 1 aliphatic rings. The third kappa shape index (κ3) is 3.05. The third-order valence-corrected chi connectivity index (χ3v) is 4.99. The van der Waals surface area contributed by atoms with Crippen molar-refractivity contribution in [3.63, 3.8) is 0 Å². The minimum absolute atomic E-state index is 0. The Bertz CT molecular complexity index is 918. The molecular formula is C16H11NaO5S. The van der Waals surface area contributed by atoms with Gasteiger partial charge in [0.05, 0.1) is 5.25 Å². The van der Waals surface area contributed by atoms with Gasteiger partial charge in [0.2, 0.25) is 0 Å². The normalized spacial score (nSPS) is 14.5. The summed E-state index contributed by atoms with van der Waals surface area (Å²) in [7, 11) is -4.52. The smallest absolute Gasteiger partial charge is 0.747 e. The first-order chi connectivity index (χ1) is 10.3. The second-order valence-electron chi connectivity index (χ2n) is 5.14. The molecule has 7 heteroatoms. The van der Waals surface area contributed by atoms with Crippen molar-refractivity contribution in [2.45, 2.75) is 12.2 Å². The maximum atomic E-state index is 12.5. The van der Waals surface area contributed by atoms with Gasteiger partial charge in [-0.1, -0.05) is 30.3 Å². The SMILES string of the molecule is CC(c1ccc2c(c1)C(=O)c1ccccc1C2=O)S(=O)(=O)[O-].[Na+]. The van der Waals surface area contributed by atoms with Crippen LogP contribution in [0, 0.1) is 0 Å². The molecule has 0 spiro atoms. The molecule has 5 nitrogen and oxygen atoms in total. The fourth-order valence-corrected chi connectivity index (χ4v) is 3.02. The first kappa shape index (κ1) is 18.0. The van der Waals surface area contributed by atoms with Gasteiger partial charge in [0.15, 0.2) is 11.6 Å². The standard InChI is InChI=1S/C16H12O5S.Na/c1-9(22(19,20)21)10-6-7-13-14(8-10)16(18)12-5-3-2-4-11(12)15(13)17;/h2-9H,1H3,(H,19,20,21);/q;+1/p-1. The van der Waals surface area contributed by atoms with Crippen LogP contribution in [0.25, 0.3) is 0 Å². The maximum Gasteiger partial charge on any atom is 1.00 e. The fourth-order valence-electron chi connectivity index (χ4n) is 2.54. The number of carbonyl (C=O) groups excluding carboxylic acids is 2. The van der Waals surface area contributed by atoms with Crippen LogP contribution in [-0.2, 0) is 10.1 Å². The van der Waals surface area contributed by atoms with Crippen LogP contribution in [0.15, 0.2) is 42.5 Å². The molecule has 0 fully saturated rings. The summed E-state index contributed by atoms with van der Waals surface area (Å²) in [5.74, 6) is -0.628.